The van der Waals surface area contributed by atoms with E-state index in [0.717, 1.165) is 27.4 Å². The van der Waals surface area contributed by atoms with Crippen LogP contribution in [0.1, 0.15) is 0 Å². The Balaban J connectivity index is 1.41. The van der Waals surface area contributed by atoms with E-state index in [4.69, 9.17) is 9.47 Å². The van der Waals surface area contributed by atoms with E-state index in [1.165, 1.54) is 23.1 Å². The maximum atomic E-state index is 12.4. The fourth-order valence-electron chi connectivity index (χ4n) is 2.61. The summed E-state index contributed by atoms with van der Waals surface area (Å²) in [7, 11) is 3.24. The molecule has 0 aliphatic carbocycles. The number of amides is 1. The highest BCUT2D eigenvalue weighted by atomic mass is 32.2. The zero-order valence-electron chi connectivity index (χ0n) is 15.7. The Morgan fingerprint density at radius 3 is 2.66 bits per heavy atom. The van der Waals surface area contributed by atoms with Crippen LogP contribution in [0, 0.1) is 0 Å². The molecule has 2 aromatic heterocycles. The first-order valence-corrected chi connectivity index (χ1v) is 10.4. The highest BCUT2D eigenvalue weighted by Gasteiger charge is 2.12. The number of thiazole rings is 1. The summed E-state index contributed by atoms with van der Waals surface area (Å²) in [6.07, 6.45) is 1.61. The molecule has 0 radical (unpaired) electrons. The monoisotopic (exact) mass is 427 g/mol. The fourth-order valence-corrected chi connectivity index (χ4v) is 4.25. The van der Waals surface area contributed by atoms with Crippen molar-refractivity contribution in [1.82, 2.24) is 19.7 Å². The summed E-state index contributed by atoms with van der Waals surface area (Å²) in [6.45, 7) is 0. The number of aromatic nitrogens is 4. The lowest BCUT2D eigenvalue weighted by atomic mass is 10.3. The first-order chi connectivity index (χ1) is 14.2. The first-order valence-electron chi connectivity index (χ1n) is 8.58. The van der Waals surface area contributed by atoms with E-state index < -0.39 is 0 Å². The summed E-state index contributed by atoms with van der Waals surface area (Å²) < 4.78 is 13.2. The summed E-state index contributed by atoms with van der Waals surface area (Å²) in [5.74, 6) is 1.55. The lowest BCUT2D eigenvalue weighted by Crippen LogP contribution is -2.14. The number of benzene rings is 2. The van der Waals surface area contributed by atoms with Gasteiger partial charge in [-0.25, -0.2) is 4.98 Å². The van der Waals surface area contributed by atoms with E-state index in [1.807, 2.05) is 47.0 Å². The number of anilines is 1. The Bertz CT molecular complexity index is 1140. The Labute approximate surface area is 174 Å². The summed E-state index contributed by atoms with van der Waals surface area (Å²) in [5, 5.41) is 12.1. The van der Waals surface area contributed by atoms with E-state index in [-0.39, 0.29) is 11.7 Å². The van der Waals surface area contributed by atoms with Gasteiger partial charge in [-0.2, -0.15) is 0 Å². The third-order valence-corrected chi connectivity index (χ3v) is 5.92. The van der Waals surface area contributed by atoms with Crippen molar-refractivity contribution in [3.63, 3.8) is 0 Å². The molecule has 0 saturated carbocycles. The molecule has 0 bridgehead atoms. The number of hydrogen-bond donors (Lipinski definition) is 1. The summed E-state index contributed by atoms with van der Waals surface area (Å²) in [5.41, 5.74) is 1.71. The number of ether oxygens (including phenoxy) is 2. The molecule has 0 atom stereocenters. The average molecular weight is 428 g/mol. The van der Waals surface area contributed by atoms with Gasteiger partial charge in [-0.15, -0.1) is 10.2 Å². The summed E-state index contributed by atoms with van der Waals surface area (Å²) >= 11 is 2.71. The van der Waals surface area contributed by atoms with Crippen LogP contribution in [0.25, 0.3) is 15.9 Å². The topological polar surface area (TPSA) is 91.2 Å². The molecule has 4 aromatic rings. The van der Waals surface area contributed by atoms with Crippen LogP contribution in [0.4, 0.5) is 5.13 Å². The average Bonchev–Trinajstić information content (AvgIpc) is 3.37. The number of nitrogens with zero attached hydrogens (tertiary/aromatic N) is 4. The van der Waals surface area contributed by atoms with Gasteiger partial charge in [0.2, 0.25) is 5.91 Å². The second-order valence-corrected chi connectivity index (χ2v) is 7.84. The highest BCUT2D eigenvalue weighted by Crippen LogP contribution is 2.29. The quantitative estimate of drug-likeness (QED) is 0.450. The number of thioether (sulfide) groups is 1. The normalized spacial score (nSPS) is 10.8. The zero-order valence-corrected chi connectivity index (χ0v) is 17.3. The van der Waals surface area contributed by atoms with E-state index in [1.54, 1.807) is 20.5 Å². The molecule has 0 unspecified atom stereocenters. The molecule has 0 aliphatic heterocycles. The van der Waals surface area contributed by atoms with Crippen LogP contribution in [0.3, 0.4) is 0 Å². The van der Waals surface area contributed by atoms with Crippen molar-refractivity contribution in [3.05, 3.63) is 48.8 Å². The van der Waals surface area contributed by atoms with Crippen LogP contribution in [-0.2, 0) is 4.79 Å². The Hall–Kier alpha value is -3.11. The van der Waals surface area contributed by atoms with Crippen LogP contribution in [0.2, 0.25) is 0 Å². The van der Waals surface area contributed by atoms with Crippen molar-refractivity contribution in [3.8, 4) is 17.2 Å². The lowest BCUT2D eigenvalue weighted by molar-refractivity contribution is -0.113. The van der Waals surface area contributed by atoms with Gasteiger partial charge in [-0.1, -0.05) is 23.1 Å². The van der Waals surface area contributed by atoms with Gasteiger partial charge in [-0.05, 0) is 42.5 Å². The minimum Gasteiger partial charge on any atom is -0.497 e. The predicted octanol–water partition coefficient (Wildman–Crippen LogP) is 3.63. The Morgan fingerprint density at radius 2 is 1.90 bits per heavy atom. The Morgan fingerprint density at radius 1 is 1.14 bits per heavy atom. The predicted molar refractivity (Wildman–Crippen MR) is 113 cm³/mol. The molecular weight excluding hydrogens is 410 g/mol. The second kappa shape index (κ2) is 8.50. The second-order valence-electron chi connectivity index (χ2n) is 5.87. The molecule has 4 rings (SSSR count). The maximum absolute atomic E-state index is 12.4. The van der Waals surface area contributed by atoms with Crippen molar-refractivity contribution >= 4 is 44.4 Å². The molecule has 0 fully saturated rings. The SMILES string of the molecule is COc1ccc(-n2cnnc2SCC(=O)Nc2nc3ccc(OC)cc3s2)cc1. The standard InChI is InChI=1S/C19H17N5O3S2/c1-26-13-5-3-12(4-6-13)24-11-20-23-19(24)28-10-17(25)22-18-21-15-8-7-14(27-2)9-16(15)29-18/h3-9,11H,10H2,1-2H3,(H,21,22,25). The van der Waals surface area contributed by atoms with Gasteiger partial charge >= 0.3 is 0 Å². The summed E-state index contributed by atoms with van der Waals surface area (Å²) in [4.78, 5) is 16.8. The van der Waals surface area contributed by atoms with Crippen molar-refractivity contribution < 1.29 is 14.3 Å². The van der Waals surface area contributed by atoms with Crippen molar-refractivity contribution in [2.75, 3.05) is 25.3 Å². The molecule has 0 spiro atoms. The summed E-state index contributed by atoms with van der Waals surface area (Å²) in [6, 6.07) is 13.1. The zero-order chi connectivity index (χ0) is 20.2. The Kier molecular flexibility index (Phi) is 5.63. The van der Waals surface area contributed by atoms with Gasteiger partial charge in [0.25, 0.3) is 0 Å². The molecule has 29 heavy (non-hydrogen) atoms. The molecule has 2 heterocycles. The number of hydrogen-bond acceptors (Lipinski definition) is 8. The number of rotatable bonds is 7. The lowest BCUT2D eigenvalue weighted by Gasteiger charge is -2.07. The van der Waals surface area contributed by atoms with E-state index in [2.05, 4.69) is 20.5 Å². The number of methoxy groups -OCH3 is 2. The molecule has 148 valence electrons. The van der Waals surface area contributed by atoms with Gasteiger partial charge < -0.3 is 14.8 Å². The molecule has 2 aromatic carbocycles. The van der Waals surface area contributed by atoms with Gasteiger partial charge in [0.1, 0.15) is 17.8 Å². The highest BCUT2D eigenvalue weighted by molar-refractivity contribution is 7.99. The molecule has 0 saturated heterocycles. The maximum Gasteiger partial charge on any atom is 0.236 e. The largest absolute Gasteiger partial charge is 0.497 e. The van der Waals surface area contributed by atoms with Gasteiger partial charge in [0, 0.05) is 5.69 Å². The third kappa shape index (κ3) is 4.33. The van der Waals surface area contributed by atoms with Crippen LogP contribution >= 0.6 is 23.1 Å². The minimum atomic E-state index is -0.162. The third-order valence-electron chi connectivity index (χ3n) is 4.04. The minimum absolute atomic E-state index is 0.162. The number of carbonyl (C=O) groups excluding carboxylic acids is 1. The molecule has 10 heteroatoms. The molecule has 1 N–H and O–H groups in total. The van der Waals surface area contributed by atoms with Crippen molar-refractivity contribution in [1.29, 1.82) is 0 Å². The number of nitrogens with one attached hydrogen (secondary N) is 1. The molecular formula is C19H17N5O3S2. The number of fused-ring (bicyclic) bond motifs is 1. The smallest absolute Gasteiger partial charge is 0.236 e. The van der Waals surface area contributed by atoms with Gasteiger partial charge in [-0.3, -0.25) is 9.36 Å². The molecule has 1 amide bonds. The van der Waals surface area contributed by atoms with Crippen LogP contribution in [-0.4, -0.2) is 45.6 Å². The van der Waals surface area contributed by atoms with E-state index in [9.17, 15) is 4.79 Å². The first kappa shape index (κ1) is 19.2. The fraction of sp³-hybridized carbons (Fsp3) is 0.158. The van der Waals surface area contributed by atoms with E-state index in [0.29, 0.717) is 10.3 Å². The van der Waals surface area contributed by atoms with Crippen molar-refractivity contribution in [2.24, 2.45) is 0 Å². The number of carbonyl (C=O) groups is 1. The van der Waals surface area contributed by atoms with Gasteiger partial charge in [0.15, 0.2) is 10.3 Å². The molecule has 0 aliphatic rings. The van der Waals surface area contributed by atoms with Crippen molar-refractivity contribution in [2.45, 2.75) is 5.16 Å². The van der Waals surface area contributed by atoms with Gasteiger partial charge in [0.05, 0.1) is 30.2 Å². The van der Waals surface area contributed by atoms with E-state index >= 15 is 0 Å². The van der Waals surface area contributed by atoms with Crippen LogP contribution < -0.4 is 14.8 Å². The van der Waals surface area contributed by atoms with Crippen LogP contribution in [0.5, 0.6) is 11.5 Å². The van der Waals surface area contributed by atoms with Crippen LogP contribution in [0.15, 0.2) is 53.9 Å². The molecule has 8 nitrogen and oxygen atoms in total.